The van der Waals surface area contributed by atoms with Gasteiger partial charge in [0.1, 0.15) is 5.69 Å². The standard InChI is InChI=1S/C18H31N3O2/c1-12(2)16-10-15(20-21(16)18(3,4)5)17(23)19-14-9-7-6-8-13(14)11-22/h10,12-14,22H,6-9,11H2,1-5H3,(H,19,23). The molecule has 2 unspecified atom stereocenters. The Morgan fingerprint density at radius 1 is 1.39 bits per heavy atom. The molecule has 0 radical (unpaired) electrons. The minimum Gasteiger partial charge on any atom is -0.396 e. The number of nitrogens with zero attached hydrogens (tertiary/aromatic N) is 2. The fourth-order valence-corrected chi connectivity index (χ4v) is 3.31. The van der Waals surface area contributed by atoms with Gasteiger partial charge in [-0.05, 0) is 45.6 Å². The van der Waals surface area contributed by atoms with E-state index in [0.29, 0.717) is 11.6 Å². The number of amides is 1. The van der Waals surface area contributed by atoms with Crippen LogP contribution in [0, 0.1) is 5.92 Å². The van der Waals surface area contributed by atoms with E-state index in [4.69, 9.17) is 0 Å². The van der Waals surface area contributed by atoms with Crippen molar-refractivity contribution < 1.29 is 9.90 Å². The average Bonchev–Trinajstić information content (AvgIpc) is 2.93. The predicted molar refractivity (Wildman–Crippen MR) is 91.6 cm³/mol. The van der Waals surface area contributed by atoms with Gasteiger partial charge in [-0.2, -0.15) is 5.10 Å². The number of aliphatic hydroxyl groups is 1. The Hall–Kier alpha value is -1.36. The SMILES string of the molecule is CC(C)c1cc(C(=O)NC2CCCCC2CO)nn1C(C)(C)C. The summed E-state index contributed by atoms with van der Waals surface area (Å²) in [5, 5.41) is 17.2. The van der Waals surface area contributed by atoms with Gasteiger partial charge < -0.3 is 10.4 Å². The van der Waals surface area contributed by atoms with Crippen molar-refractivity contribution in [1.82, 2.24) is 15.1 Å². The van der Waals surface area contributed by atoms with Gasteiger partial charge in [0.25, 0.3) is 5.91 Å². The van der Waals surface area contributed by atoms with Crippen molar-refractivity contribution in [3.63, 3.8) is 0 Å². The number of hydrogen-bond acceptors (Lipinski definition) is 3. The van der Waals surface area contributed by atoms with E-state index < -0.39 is 0 Å². The second-order valence-electron chi connectivity index (χ2n) is 8.00. The molecule has 23 heavy (non-hydrogen) atoms. The first-order chi connectivity index (χ1) is 10.7. The average molecular weight is 321 g/mol. The largest absolute Gasteiger partial charge is 0.396 e. The monoisotopic (exact) mass is 321 g/mol. The van der Waals surface area contributed by atoms with Gasteiger partial charge >= 0.3 is 0 Å². The highest BCUT2D eigenvalue weighted by atomic mass is 16.3. The highest BCUT2D eigenvalue weighted by Gasteiger charge is 2.28. The lowest BCUT2D eigenvalue weighted by Crippen LogP contribution is -2.43. The number of aromatic nitrogens is 2. The van der Waals surface area contributed by atoms with Crippen molar-refractivity contribution in [2.75, 3.05) is 6.61 Å². The number of hydrogen-bond donors (Lipinski definition) is 2. The summed E-state index contributed by atoms with van der Waals surface area (Å²) in [4.78, 5) is 12.6. The lowest BCUT2D eigenvalue weighted by atomic mass is 9.85. The zero-order valence-electron chi connectivity index (χ0n) is 15.1. The molecule has 0 bridgehead atoms. The van der Waals surface area contributed by atoms with Crippen LogP contribution in [0.1, 0.15) is 82.4 Å². The fourth-order valence-electron chi connectivity index (χ4n) is 3.31. The first-order valence-corrected chi connectivity index (χ1v) is 8.76. The van der Waals surface area contributed by atoms with Crippen LogP contribution in [-0.4, -0.2) is 33.4 Å². The number of rotatable bonds is 4. The van der Waals surface area contributed by atoms with Crippen LogP contribution in [0.4, 0.5) is 0 Å². The molecule has 2 N–H and O–H groups in total. The molecular formula is C18H31N3O2. The highest BCUT2D eigenvalue weighted by molar-refractivity contribution is 5.92. The summed E-state index contributed by atoms with van der Waals surface area (Å²) >= 11 is 0. The highest BCUT2D eigenvalue weighted by Crippen LogP contribution is 2.26. The summed E-state index contributed by atoms with van der Waals surface area (Å²) < 4.78 is 1.96. The topological polar surface area (TPSA) is 67.2 Å². The Kier molecular flexibility index (Phi) is 5.50. The van der Waals surface area contributed by atoms with E-state index in [9.17, 15) is 9.90 Å². The van der Waals surface area contributed by atoms with E-state index in [-0.39, 0.29) is 30.0 Å². The number of carbonyl (C=O) groups excluding carboxylic acids is 1. The molecule has 5 nitrogen and oxygen atoms in total. The maximum Gasteiger partial charge on any atom is 0.272 e. The van der Waals surface area contributed by atoms with Crippen LogP contribution in [0.5, 0.6) is 0 Å². The normalized spacial score (nSPS) is 22.4. The van der Waals surface area contributed by atoms with Crippen molar-refractivity contribution in [2.45, 2.75) is 77.8 Å². The molecule has 2 rings (SSSR count). The summed E-state index contributed by atoms with van der Waals surface area (Å²) in [6.07, 6.45) is 4.16. The minimum absolute atomic E-state index is 0.0588. The first kappa shape index (κ1) is 18.0. The summed E-state index contributed by atoms with van der Waals surface area (Å²) in [5.41, 5.74) is 1.40. The molecule has 1 fully saturated rings. The summed E-state index contributed by atoms with van der Waals surface area (Å²) in [6, 6.07) is 1.96. The van der Waals surface area contributed by atoms with Crippen molar-refractivity contribution >= 4 is 5.91 Å². The van der Waals surface area contributed by atoms with Crippen molar-refractivity contribution in [3.8, 4) is 0 Å². The Bertz CT molecular complexity index is 543. The zero-order valence-corrected chi connectivity index (χ0v) is 15.1. The van der Waals surface area contributed by atoms with E-state index in [0.717, 1.165) is 31.4 Å². The van der Waals surface area contributed by atoms with Gasteiger partial charge in [0.05, 0.1) is 5.54 Å². The van der Waals surface area contributed by atoms with Crippen molar-refractivity contribution in [3.05, 3.63) is 17.5 Å². The van der Waals surface area contributed by atoms with Gasteiger partial charge in [0.2, 0.25) is 0 Å². The van der Waals surface area contributed by atoms with E-state index in [1.54, 1.807) is 0 Å². The lowest BCUT2D eigenvalue weighted by molar-refractivity contribution is 0.0866. The van der Waals surface area contributed by atoms with Crippen LogP contribution < -0.4 is 5.32 Å². The number of aliphatic hydroxyl groups excluding tert-OH is 1. The molecule has 1 aromatic heterocycles. The van der Waals surface area contributed by atoms with E-state index in [2.05, 4.69) is 45.0 Å². The third-order valence-electron chi connectivity index (χ3n) is 4.66. The van der Waals surface area contributed by atoms with E-state index >= 15 is 0 Å². The summed E-state index contributed by atoms with van der Waals surface area (Å²) in [6.45, 7) is 10.6. The summed E-state index contributed by atoms with van der Waals surface area (Å²) in [5.74, 6) is 0.352. The molecule has 0 aromatic carbocycles. The minimum atomic E-state index is -0.156. The molecule has 1 aliphatic carbocycles. The van der Waals surface area contributed by atoms with E-state index in [1.165, 1.54) is 0 Å². The Morgan fingerprint density at radius 2 is 2.04 bits per heavy atom. The van der Waals surface area contributed by atoms with Crippen molar-refractivity contribution in [2.24, 2.45) is 5.92 Å². The van der Waals surface area contributed by atoms with Crippen LogP contribution in [0.2, 0.25) is 0 Å². The number of nitrogens with one attached hydrogen (secondary N) is 1. The molecule has 1 saturated carbocycles. The van der Waals surface area contributed by atoms with Gasteiger partial charge in [0, 0.05) is 24.3 Å². The van der Waals surface area contributed by atoms with Gasteiger partial charge in [-0.25, -0.2) is 0 Å². The molecule has 1 heterocycles. The van der Waals surface area contributed by atoms with Gasteiger partial charge in [-0.15, -0.1) is 0 Å². The zero-order chi connectivity index (χ0) is 17.2. The fraction of sp³-hybridized carbons (Fsp3) is 0.778. The molecule has 0 saturated heterocycles. The molecule has 130 valence electrons. The Labute approximate surface area is 139 Å². The third kappa shape index (κ3) is 4.14. The maximum absolute atomic E-state index is 12.6. The van der Waals surface area contributed by atoms with Crippen LogP contribution in [0.25, 0.3) is 0 Å². The van der Waals surface area contributed by atoms with E-state index in [1.807, 2.05) is 10.7 Å². The molecule has 1 aromatic rings. The summed E-state index contributed by atoms with van der Waals surface area (Å²) in [7, 11) is 0. The van der Waals surface area contributed by atoms with Crippen LogP contribution in [0.15, 0.2) is 6.07 Å². The maximum atomic E-state index is 12.6. The quantitative estimate of drug-likeness (QED) is 0.895. The lowest BCUT2D eigenvalue weighted by Gasteiger charge is -2.30. The van der Waals surface area contributed by atoms with Gasteiger partial charge in [-0.1, -0.05) is 26.7 Å². The molecule has 1 aliphatic rings. The molecule has 1 amide bonds. The first-order valence-electron chi connectivity index (χ1n) is 8.76. The number of carbonyl (C=O) groups is 1. The molecule has 5 heteroatoms. The van der Waals surface area contributed by atoms with Gasteiger partial charge in [0.15, 0.2) is 0 Å². The predicted octanol–water partition coefficient (Wildman–Crippen LogP) is 3.04. The van der Waals surface area contributed by atoms with Crippen LogP contribution >= 0.6 is 0 Å². The second kappa shape index (κ2) is 7.04. The van der Waals surface area contributed by atoms with Gasteiger partial charge in [-0.3, -0.25) is 9.48 Å². The van der Waals surface area contributed by atoms with Crippen LogP contribution in [-0.2, 0) is 5.54 Å². The third-order valence-corrected chi connectivity index (χ3v) is 4.66. The second-order valence-corrected chi connectivity index (χ2v) is 8.00. The molecule has 0 aliphatic heterocycles. The smallest absolute Gasteiger partial charge is 0.272 e. The van der Waals surface area contributed by atoms with Crippen molar-refractivity contribution in [1.29, 1.82) is 0 Å². The molecule has 0 spiro atoms. The molecule has 2 atom stereocenters. The van der Waals surface area contributed by atoms with Crippen LogP contribution in [0.3, 0.4) is 0 Å². The molecular weight excluding hydrogens is 290 g/mol. The Balaban J connectivity index is 2.19. The Morgan fingerprint density at radius 3 is 2.57 bits per heavy atom.